The van der Waals surface area contributed by atoms with E-state index in [9.17, 15) is 8.42 Å². The topological polar surface area (TPSA) is 87.9 Å². The van der Waals surface area contributed by atoms with Crippen LogP contribution in [0.1, 0.15) is 50.8 Å². The van der Waals surface area contributed by atoms with Crippen molar-refractivity contribution in [2.24, 2.45) is 5.41 Å². The van der Waals surface area contributed by atoms with Crippen molar-refractivity contribution in [3.05, 3.63) is 47.5 Å². The van der Waals surface area contributed by atoms with Crippen LogP contribution in [0, 0.1) is 5.41 Å². The summed E-state index contributed by atoms with van der Waals surface area (Å²) >= 11 is 0. The predicted octanol–water partition coefficient (Wildman–Crippen LogP) is 3.76. The van der Waals surface area contributed by atoms with Gasteiger partial charge in [-0.2, -0.15) is 0 Å². The molecule has 1 fully saturated rings. The Bertz CT molecular complexity index is 1170. The van der Waals surface area contributed by atoms with Gasteiger partial charge in [-0.1, -0.05) is 39.0 Å². The molecule has 1 unspecified atom stereocenters. The van der Waals surface area contributed by atoms with Crippen molar-refractivity contribution >= 4 is 21.4 Å². The van der Waals surface area contributed by atoms with Gasteiger partial charge in [-0.25, -0.2) is 12.7 Å². The van der Waals surface area contributed by atoms with Crippen LogP contribution in [0.3, 0.4) is 0 Å². The van der Waals surface area contributed by atoms with Crippen molar-refractivity contribution in [2.45, 2.75) is 50.0 Å². The molecule has 34 heavy (non-hydrogen) atoms. The van der Waals surface area contributed by atoms with Gasteiger partial charge in [0.1, 0.15) is 5.75 Å². The number of sulfonamides is 1. The third-order valence-corrected chi connectivity index (χ3v) is 8.99. The minimum atomic E-state index is -3.69. The quantitative estimate of drug-likeness (QED) is 0.626. The maximum absolute atomic E-state index is 13.6. The van der Waals surface area contributed by atoms with Gasteiger partial charge in [0.15, 0.2) is 0 Å². The number of hydrogen-bond acceptors (Lipinski definition) is 6. The van der Waals surface area contributed by atoms with E-state index in [1.807, 2.05) is 18.2 Å². The van der Waals surface area contributed by atoms with Gasteiger partial charge in [0.2, 0.25) is 10.0 Å². The highest BCUT2D eigenvalue weighted by Crippen LogP contribution is 2.62. The lowest BCUT2D eigenvalue weighted by Gasteiger charge is -2.44. The zero-order valence-electron chi connectivity index (χ0n) is 21.2. The number of fused-ring (bicyclic) bond motifs is 2. The molecule has 4 rings (SSSR count). The molecule has 7 nitrogen and oxygen atoms in total. The van der Waals surface area contributed by atoms with Crippen LogP contribution in [-0.2, 0) is 15.4 Å². The van der Waals surface area contributed by atoms with E-state index in [0.29, 0.717) is 10.6 Å². The number of nitrogens with zero attached hydrogens (tertiary/aromatic N) is 2. The van der Waals surface area contributed by atoms with Gasteiger partial charge in [0.25, 0.3) is 0 Å². The van der Waals surface area contributed by atoms with E-state index in [1.54, 1.807) is 33.3 Å². The second-order valence-corrected chi connectivity index (χ2v) is 13.0. The molecule has 0 saturated carbocycles. The fraction of sp³-hybridized carbons (Fsp3) is 0.538. The number of benzene rings is 2. The summed E-state index contributed by atoms with van der Waals surface area (Å²) in [5, 5.41) is 3.49. The predicted molar refractivity (Wildman–Crippen MR) is 138 cm³/mol. The van der Waals surface area contributed by atoms with E-state index in [2.05, 4.69) is 37.1 Å². The summed E-state index contributed by atoms with van der Waals surface area (Å²) in [4.78, 5) is 2.74. The monoisotopic (exact) mass is 486 g/mol. The zero-order chi connectivity index (χ0) is 24.9. The van der Waals surface area contributed by atoms with Crippen LogP contribution in [0.2, 0.25) is 0 Å². The third-order valence-electron chi connectivity index (χ3n) is 7.13. The molecule has 2 aliphatic heterocycles. The van der Waals surface area contributed by atoms with Crippen LogP contribution in [0.5, 0.6) is 5.75 Å². The molecule has 0 amide bonds. The molecule has 1 atom stereocenters. The average molecular weight is 487 g/mol. The van der Waals surface area contributed by atoms with Crippen molar-refractivity contribution in [3.8, 4) is 5.75 Å². The summed E-state index contributed by atoms with van der Waals surface area (Å²) < 4.78 is 34.5. The summed E-state index contributed by atoms with van der Waals surface area (Å²) in [7, 11) is 1.16. The SMILES string of the molecule is COc1ccc(S(=O)(=O)N(C)C)c2c1N(CC(C)(C)C)C(c1ccccc1N)C21CCNCC1. The Morgan fingerprint density at radius 3 is 2.35 bits per heavy atom. The first kappa shape index (κ1) is 24.8. The highest BCUT2D eigenvalue weighted by atomic mass is 32.2. The molecule has 2 aromatic rings. The van der Waals surface area contributed by atoms with Crippen LogP contribution >= 0.6 is 0 Å². The summed E-state index contributed by atoms with van der Waals surface area (Å²) in [5.74, 6) is 0.701. The minimum Gasteiger partial charge on any atom is -0.495 e. The van der Waals surface area contributed by atoms with Crippen molar-refractivity contribution in [1.29, 1.82) is 0 Å². The van der Waals surface area contributed by atoms with Gasteiger partial charge >= 0.3 is 0 Å². The average Bonchev–Trinajstić information content (AvgIpc) is 3.02. The summed E-state index contributed by atoms with van der Waals surface area (Å²) in [6.45, 7) is 8.97. The zero-order valence-corrected chi connectivity index (χ0v) is 22.0. The molecule has 2 aliphatic rings. The van der Waals surface area contributed by atoms with Crippen molar-refractivity contribution in [1.82, 2.24) is 9.62 Å². The highest BCUT2D eigenvalue weighted by Gasteiger charge is 2.56. The first-order chi connectivity index (χ1) is 15.9. The number of nitrogens with one attached hydrogen (secondary N) is 1. The van der Waals surface area contributed by atoms with Gasteiger partial charge in [0.05, 0.1) is 23.7 Å². The van der Waals surface area contributed by atoms with Crippen molar-refractivity contribution < 1.29 is 13.2 Å². The molecular formula is C26H38N4O3S. The van der Waals surface area contributed by atoms with Gasteiger partial charge in [-0.15, -0.1) is 0 Å². The Morgan fingerprint density at radius 2 is 1.79 bits per heavy atom. The van der Waals surface area contributed by atoms with Crippen molar-refractivity contribution in [3.63, 3.8) is 0 Å². The molecule has 2 aromatic carbocycles. The molecular weight excluding hydrogens is 448 g/mol. The summed E-state index contributed by atoms with van der Waals surface area (Å²) in [6, 6.07) is 11.4. The van der Waals surface area contributed by atoms with Crippen LogP contribution in [0.25, 0.3) is 0 Å². The maximum atomic E-state index is 13.6. The summed E-state index contributed by atoms with van der Waals surface area (Å²) in [6.07, 6.45) is 1.62. The third kappa shape index (κ3) is 3.95. The van der Waals surface area contributed by atoms with Gasteiger partial charge in [-0.3, -0.25) is 0 Å². The Labute approximate surface area is 204 Å². The number of rotatable bonds is 5. The fourth-order valence-corrected chi connectivity index (χ4v) is 6.95. The Morgan fingerprint density at radius 1 is 1.15 bits per heavy atom. The smallest absolute Gasteiger partial charge is 0.242 e. The molecule has 0 bridgehead atoms. The van der Waals surface area contributed by atoms with E-state index in [0.717, 1.165) is 55.0 Å². The van der Waals surface area contributed by atoms with Gasteiger partial charge in [0, 0.05) is 37.3 Å². The Kier molecular flexibility index (Phi) is 6.38. The van der Waals surface area contributed by atoms with Crippen LogP contribution in [0.15, 0.2) is 41.3 Å². The van der Waals surface area contributed by atoms with E-state index >= 15 is 0 Å². The number of para-hydroxylation sites is 1. The molecule has 0 aromatic heterocycles. The number of nitrogens with two attached hydrogens (primary N) is 1. The lowest BCUT2D eigenvalue weighted by atomic mass is 9.67. The molecule has 1 saturated heterocycles. The van der Waals surface area contributed by atoms with E-state index in [4.69, 9.17) is 10.5 Å². The van der Waals surface area contributed by atoms with Crippen LogP contribution in [-0.4, -0.2) is 53.6 Å². The molecule has 186 valence electrons. The number of methoxy groups -OCH3 is 1. The second-order valence-electron chi connectivity index (χ2n) is 10.9. The van der Waals surface area contributed by atoms with Gasteiger partial charge < -0.3 is 20.7 Å². The number of nitrogen functional groups attached to an aromatic ring is 1. The lowest BCUT2D eigenvalue weighted by Crippen LogP contribution is -2.47. The maximum Gasteiger partial charge on any atom is 0.242 e. The van der Waals surface area contributed by atoms with E-state index in [1.165, 1.54) is 4.31 Å². The normalized spacial score (nSPS) is 20.1. The highest BCUT2D eigenvalue weighted by molar-refractivity contribution is 7.89. The Hall–Kier alpha value is -2.29. The summed E-state index contributed by atoms with van der Waals surface area (Å²) in [5.41, 5.74) is 9.66. The van der Waals surface area contributed by atoms with E-state index in [-0.39, 0.29) is 11.5 Å². The molecule has 1 spiro atoms. The number of hydrogen-bond donors (Lipinski definition) is 2. The number of ether oxygens (including phenoxy) is 1. The second kappa shape index (κ2) is 8.73. The van der Waals surface area contributed by atoms with Crippen LogP contribution in [0.4, 0.5) is 11.4 Å². The lowest BCUT2D eigenvalue weighted by molar-refractivity contribution is 0.252. The molecule has 0 radical (unpaired) electrons. The van der Waals surface area contributed by atoms with E-state index < -0.39 is 15.4 Å². The largest absolute Gasteiger partial charge is 0.495 e. The number of piperidine rings is 1. The fourth-order valence-electron chi connectivity index (χ4n) is 5.76. The standard InChI is InChI=1S/C26H38N4O3S/c1-25(2,3)17-30-23-20(33-6)11-12-21(34(31,32)29(4)5)22(23)26(13-15-28-16-14-26)24(30)18-9-7-8-10-19(18)27/h7-12,24,28H,13-17,27H2,1-6H3. The molecule has 2 heterocycles. The Balaban J connectivity index is 2.13. The minimum absolute atomic E-state index is 0.0427. The van der Waals surface area contributed by atoms with Gasteiger partial charge in [-0.05, 0) is 55.1 Å². The van der Waals surface area contributed by atoms with Crippen LogP contribution < -0.4 is 20.7 Å². The molecule has 0 aliphatic carbocycles. The number of anilines is 2. The first-order valence-corrected chi connectivity index (χ1v) is 13.3. The molecule has 3 N–H and O–H groups in total. The van der Waals surface area contributed by atoms with Crippen molar-refractivity contribution in [2.75, 3.05) is 51.5 Å². The molecule has 8 heteroatoms. The first-order valence-electron chi connectivity index (χ1n) is 11.9.